The molecule has 2 atom stereocenters. The second-order valence-corrected chi connectivity index (χ2v) is 6.01. The summed E-state index contributed by atoms with van der Waals surface area (Å²) in [7, 11) is 0. The fraction of sp³-hybridized carbons (Fsp3) is 0.600. The number of rotatable bonds is 5. The van der Waals surface area contributed by atoms with Crippen LogP contribution in [0.5, 0.6) is 0 Å². The normalized spacial score (nSPS) is 25.2. The summed E-state index contributed by atoms with van der Waals surface area (Å²) in [5.74, 6) is 1.39. The minimum atomic E-state index is -0.0883. The van der Waals surface area contributed by atoms with Crippen molar-refractivity contribution < 1.29 is 9.84 Å². The number of hydrogen-bond donors (Lipinski definition) is 1. The molecule has 3 nitrogen and oxygen atoms in total. The van der Waals surface area contributed by atoms with Gasteiger partial charge in [-0.2, -0.15) is 0 Å². The van der Waals surface area contributed by atoms with Gasteiger partial charge in [0, 0.05) is 24.8 Å². The first kappa shape index (κ1) is 14.9. The molecular formula is C15H23NO2S. The van der Waals surface area contributed by atoms with Gasteiger partial charge in [-0.05, 0) is 12.0 Å². The summed E-state index contributed by atoms with van der Waals surface area (Å²) in [5, 5.41) is 9.56. The van der Waals surface area contributed by atoms with Crippen molar-refractivity contribution in [3.05, 3.63) is 35.9 Å². The Hall–Kier alpha value is -0.550. The van der Waals surface area contributed by atoms with Crippen molar-refractivity contribution >= 4 is 11.9 Å². The van der Waals surface area contributed by atoms with Crippen LogP contribution in [0.4, 0.5) is 0 Å². The van der Waals surface area contributed by atoms with Crippen molar-refractivity contribution in [2.75, 3.05) is 32.1 Å². The van der Waals surface area contributed by atoms with Crippen molar-refractivity contribution in [3.63, 3.8) is 0 Å². The largest absolute Gasteiger partial charge is 0.394 e. The molecule has 4 heteroatoms. The summed E-state index contributed by atoms with van der Waals surface area (Å²) < 4.78 is 8.21. The van der Waals surface area contributed by atoms with E-state index in [-0.39, 0.29) is 18.6 Å². The van der Waals surface area contributed by atoms with Crippen LogP contribution in [0.25, 0.3) is 0 Å². The summed E-state index contributed by atoms with van der Waals surface area (Å²) in [4.78, 5) is 0. The highest BCUT2D eigenvalue weighted by Gasteiger charge is 2.28. The second-order valence-electron chi connectivity index (χ2n) is 4.83. The number of ether oxygens (including phenoxy) is 1. The summed E-state index contributed by atoms with van der Waals surface area (Å²) in [6, 6.07) is 10.4. The maximum absolute atomic E-state index is 9.56. The molecule has 0 amide bonds. The highest BCUT2D eigenvalue weighted by atomic mass is 32.2. The SMILES string of the molecule is CCCSN1CCOC(CO)C(c2ccccc2)C1. The molecule has 1 saturated heterocycles. The first-order chi connectivity index (χ1) is 9.35. The van der Waals surface area contributed by atoms with Gasteiger partial charge >= 0.3 is 0 Å². The smallest absolute Gasteiger partial charge is 0.0887 e. The number of aliphatic hydroxyl groups excluding tert-OH is 1. The number of aliphatic hydroxyl groups is 1. The molecule has 0 radical (unpaired) electrons. The van der Waals surface area contributed by atoms with E-state index >= 15 is 0 Å². The summed E-state index contributed by atoms with van der Waals surface area (Å²) in [5.41, 5.74) is 1.26. The Bertz CT molecular complexity index is 360. The lowest BCUT2D eigenvalue weighted by Crippen LogP contribution is -2.29. The molecule has 0 aromatic heterocycles. The maximum atomic E-state index is 9.56. The Morgan fingerprint density at radius 1 is 1.37 bits per heavy atom. The highest BCUT2D eigenvalue weighted by molar-refractivity contribution is 7.97. The summed E-state index contributed by atoms with van der Waals surface area (Å²) in [6.45, 7) is 4.87. The zero-order chi connectivity index (χ0) is 13.5. The fourth-order valence-corrected chi connectivity index (χ4v) is 3.30. The van der Waals surface area contributed by atoms with Gasteiger partial charge in [-0.1, -0.05) is 49.2 Å². The molecule has 106 valence electrons. The minimum absolute atomic E-state index is 0.0883. The monoisotopic (exact) mass is 281 g/mol. The van der Waals surface area contributed by atoms with E-state index in [1.165, 1.54) is 12.0 Å². The topological polar surface area (TPSA) is 32.7 Å². The Balaban J connectivity index is 2.10. The molecule has 1 fully saturated rings. The average molecular weight is 281 g/mol. The van der Waals surface area contributed by atoms with Gasteiger partial charge in [0.1, 0.15) is 0 Å². The third-order valence-corrected chi connectivity index (χ3v) is 4.70. The van der Waals surface area contributed by atoms with Crippen molar-refractivity contribution in [1.82, 2.24) is 4.31 Å². The molecule has 1 aliphatic heterocycles. The fourth-order valence-electron chi connectivity index (χ4n) is 2.39. The van der Waals surface area contributed by atoms with Crippen molar-refractivity contribution in [3.8, 4) is 0 Å². The average Bonchev–Trinajstić information content (AvgIpc) is 2.68. The summed E-state index contributed by atoms with van der Waals surface area (Å²) in [6.07, 6.45) is 1.09. The molecule has 0 spiro atoms. The molecule has 1 aromatic rings. The van der Waals surface area contributed by atoms with E-state index < -0.39 is 0 Å². The molecule has 2 unspecified atom stereocenters. The maximum Gasteiger partial charge on any atom is 0.0887 e. The Morgan fingerprint density at radius 3 is 2.84 bits per heavy atom. The molecule has 1 aromatic carbocycles. The third-order valence-electron chi connectivity index (χ3n) is 3.41. The van der Waals surface area contributed by atoms with Crippen LogP contribution in [-0.4, -0.2) is 47.6 Å². The van der Waals surface area contributed by atoms with Gasteiger partial charge < -0.3 is 9.84 Å². The lowest BCUT2D eigenvalue weighted by Gasteiger charge is -2.26. The van der Waals surface area contributed by atoms with E-state index in [1.54, 1.807) is 0 Å². The van der Waals surface area contributed by atoms with Gasteiger partial charge in [-0.25, -0.2) is 4.31 Å². The van der Waals surface area contributed by atoms with Crippen molar-refractivity contribution in [2.24, 2.45) is 0 Å². The van der Waals surface area contributed by atoms with E-state index in [9.17, 15) is 5.11 Å². The van der Waals surface area contributed by atoms with E-state index in [4.69, 9.17) is 4.74 Å². The predicted octanol–water partition coefficient (Wildman–Crippen LogP) is 2.52. The standard InChI is InChI=1S/C15H23NO2S/c1-2-10-19-16-8-9-18-15(12-17)14(11-16)13-6-4-3-5-7-13/h3-7,14-15,17H,2,8-12H2,1H3. The quantitative estimate of drug-likeness (QED) is 0.841. The van der Waals surface area contributed by atoms with E-state index in [0.717, 1.165) is 18.8 Å². The minimum Gasteiger partial charge on any atom is -0.394 e. The van der Waals surface area contributed by atoms with Crippen molar-refractivity contribution in [2.45, 2.75) is 25.4 Å². The van der Waals surface area contributed by atoms with Gasteiger partial charge in [0.25, 0.3) is 0 Å². The Labute approximate surface area is 120 Å². The number of hydrogen-bond acceptors (Lipinski definition) is 4. The Kier molecular flexibility index (Phi) is 6.17. The first-order valence-corrected chi connectivity index (χ1v) is 7.94. The molecule has 0 saturated carbocycles. The van der Waals surface area contributed by atoms with Crippen LogP contribution in [0.3, 0.4) is 0 Å². The summed E-state index contributed by atoms with van der Waals surface area (Å²) >= 11 is 1.89. The third kappa shape index (κ3) is 4.21. The highest BCUT2D eigenvalue weighted by Crippen LogP contribution is 2.28. The molecule has 2 rings (SSSR count). The van der Waals surface area contributed by atoms with Crippen LogP contribution in [-0.2, 0) is 4.74 Å². The zero-order valence-electron chi connectivity index (χ0n) is 11.5. The van der Waals surface area contributed by atoms with Crippen LogP contribution < -0.4 is 0 Å². The lowest BCUT2D eigenvalue weighted by atomic mass is 9.93. The number of benzene rings is 1. The second kappa shape index (κ2) is 7.90. The lowest BCUT2D eigenvalue weighted by molar-refractivity contribution is 0.0106. The van der Waals surface area contributed by atoms with E-state index in [1.807, 2.05) is 18.0 Å². The van der Waals surface area contributed by atoms with Crippen LogP contribution in [0.2, 0.25) is 0 Å². The first-order valence-electron chi connectivity index (χ1n) is 7.00. The van der Waals surface area contributed by atoms with Crippen LogP contribution in [0, 0.1) is 0 Å². The molecule has 1 heterocycles. The van der Waals surface area contributed by atoms with Crippen LogP contribution >= 0.6 is 11.9 Å². The van der Waals surface area contributed by atoms with E-state index in [0.29, 0.717) is 6.61 Å². The zero-order valence-corrected chi connectivity index (χ0v) is 12.3. The van der Waals surface area contributed by atoms with E-state index in [2.05, 4.69) is 35.5 Å². The van der Waals surface area contributed by atoms with Gasteiger partial charge in [-0.3, -0.25) is 0 Å². The predicted molar refractivity (Wildman–Crippen MR) is 80.3 cm³/mol. The van der Waals surface area contributed by atoms with Gasteiger partial charge in [0.2, 0.25) is 0 Å². The van der Waals surface area contributed by atoms with Gasteiger partial charge in [-0.15, -0.1) is 0 Å². The molecule has 0 aliphatic carbocycles. The molecular weight excluding hydrogens is 258 g/mol. The van der Waals surface area contributed by atoms with Gasteiger partial charge in [0.05, 0.1) is 19.3 Å². The number of nitrogens with zero attached hydrogens (tertiary/aromatic N) is 1. The van der Waals surface area contributed by atoms with Crippen LogP contribution in [0.15, 0.2) is 30.3 Å². The van der Waals surface area contributed by atoms with Gasteiger partial charge in [0.15, 0.2) is 0 Å². The molecule has 19 heavy (non-hydrogen) atoms. The Morgan fingerprint density at radius 2 is 2.16 bits per heavy atom. The van der Waals surface area contributed by atoms with Crippen LogP contribution in [0.1, 0.15) is 24.8 Å². The van der Waals surface area contributed by atoms with Crippen molar-refractivity contribution in [1.29, 1.82) is 0 Å². The molecule has 0 bridgehead atoms. The molecule has 1 aliphatic rings. The molecule has 1 N–H and O–H groups in total.